The minimum atomic E-state index is -0.402. The summed E-state index contributed by atoms with van der Waals surface area (Å²) in [5, 5.41) is 8.23. The summed E-state index contributed by atoms with van der Waals surface area (Å²) in [5.41, 5.74) is 1.10. The Morgan fingerprint density at radius 1 is 1.00 bits per heavy atom. The number of benzene rings is 2. The number of carbonyl (C=O) groups excluding carboxylic acids is 1. The molecule has 2 aromatic carbocycles. The molecule has 5 rings (SSSR count). The van der Waals surface area contributed by atoms with E-state index in [0.717, 1.165) is 22.9 Å². The zero-order valence-electron chi connectivity index (χ0n) is 16.3. The Bertz CT molecular complexity index is 1250. The van der Waals surface area contributed by atoms with Crippen molar-refractivity contribution in [2.24, 2.45) is 0 Å². The number of amides is 1. The number of hydrogen-bond acceptors (Lipinski definition) is 5. The molecular weight excluding hydrogens is 465 g/mol. The molecule has 2 heterocycles. The first kappa shape index (κ1) is 19.7. The highest BCUT2D eigenvalue weighted by molar-refractivity contribution is 9.10. The van der Waals surface area contributed by atoms with Crippen LogP contribution in [0.2, 0.25) is 0 Å². The molecule has 0 spiro atoms. The quantitative estimate of drug-likeness (QED) is 0.353. The van der Waals surface area contributed by atoms with Crippen molar-refractivity contribution in [3.8, 4) is 22.8 Å². The van der Waals surface area contributed by atoms with Crippen LogP contribution >= 0.6 is 15.9 Å². The van der Waals surface area contributed by atoms with E-state index in [-0.39, 0.29) is 24.3 Å². The van der Waals surface area contributed by atoms with Crippen molar-refractivity contribution in [1.29, 1.82) is 0 Å². The molecule has 156 valence electrons. The van der Waals surface area contributed by atoms with Gasteiger partial charge < -0.3 is 13.7 Å². The lowest BCUT2D eigenvalue weighted by Crippen LogP contribution is -2.32. The van der Waals surface area contributed by atoms with Gasteiger partial charge in [0.1, 0.15) is 11.6 Å². The van der Waals surface area contributed by atoms with Crippen LogP contribution in [0.15, 0.2) is 74.0 Å². The summed E-state index contributed by atoms with van der Waals surface area (Å²) in [4.78, 5) is 14.8. The van der Waals surface area contributed by atoms with E-state index >= 15 is 0 Å². The molecule has 1 aliphatic carbocycles. The molecule has 0 atom stereocenters. The largest absolute Gasteiger partial charge is 0.451 e. The Hall–Kier alpha value is -3.26. The van der Waals surface area contributed by atoms with E-state index in [9.17, 15) is 9.18 Å². The molecule has 2 aromatic heterocycles. The SMILES string of the molecule is O=C(c1ccc(-c2ccccc2F)o1)N(Cc1nnc(-c2ccccc2Br)o1)C1CC1. The van der Waals surface area contributed by atoms with Gasteiger partial charge in [-0.05, 0) is 65.2 Å². The molecule has 8 heteroatoms. The number of hydrogen-bond donors (Lipinski definition) is 0. The second kappa shape index (κ2) is 8.11. The van der Waals surface area contributed by atoms with Crippen molar-refractivity contribution < 1.29 is 18.0 Å². The van der Waals surface area contributed by atoms with Crippen LogP contribution < -0.4 is 0 Å². The van der Waals surface area contributed by atoms with Crippen LogP contribution in [0.25, 0.3) is 22.8 Å². The minimum Gasteiger partial charge on any atom is -0.451 e. The van der Waals surface area contributed by atoms with Gasteiger partial charge in [0.2, 0.25) is 11.8 Å². The predicted molar refractivity (Wildman–Crippen MR) is 114 cm³/mol. The van der Waals surface area contributed by atoms with E-state index in [1.165, 1.54) is 6.07 Å². The molecule has 1 fully saturated rings. The van der Waals surface area contributed by atoms with Crippen LogP contribution in [-0.2, 0) is 6.54 Å². The molecule has 0 unspecified atom stereocenters. The number of aromatic nitrogens is 2. The van der Waals surface area contributed by atoms with E-state index in [1.807, 2.05) is 24.3 Å². The van der Waals surface area contributed by atoms with Crippen molar-refractivity contribution in [3.63, 3.8) is 0 Å². The Balaban J connectivity index is 1.37. The third kappa shape index (κ3) is 4.03. The van der Waals surface area contributed by atoms with Gasteiger partial charge in [-0.25, -0.2) is 4.39 Å². The highest BCUT2D eigenvalue weighted by Gasteiger charge is 2.35. The fraction of sp³-hybridized carbons (Fsp3) is 0.174. The summed E-state index contributed by atoms with van der Waals surface area (Å²) in [7, 11) is 0. The molecule has 6 nitrogen and oxygen atoms in total. The van der Waals surface area contributed by atoms with Crippen LogP contribution in [0.5, 0.6) is 0 Å². The minimum absolute atomic E-state index is 0.0910. The summed E-state index contributed by atoms with van der Waals surface area (Å²) in [6, 6.07) is 17.1. The molecule has 1 aliphatic rings. The molecule has 0 N–H and O–H groups in total. The summed E-state index contributed by atoms with van der Waals surface area (Å²) in [5.74, 6) is 0.491. The van der Waals surface area contributed by atoms with Gasteiger partial charge in [0.25, 0.3) is 5.91 Å². The van der Waals surface area contributed by atoms with Crippen molar-refractivity contribution in [3.05, 3.63) is 82.6 Å². The number of nitrogens with zero attached hydrogens (tertiary/aromatic N) is 3. The number of carbonyl (C=O) groups is 1. The second-order valence-corrected chi connectivity index (χ2v) is 8.14. The van der Waals surface area contributed by atoms with Crippen molar-refractivity contribution in [2.75, 3.05) is 0 Å². The average Bonchev–Trinajstić information content (AvgIpc) is 3.31. The molecule has 0 bridgehead atoms. The van der Waals surface area contributed by atoms with Gasteiger partial charge >= 0.3 is 0 Å². The van der Waals surface area contributed by atoms with Gasteiger partial charge in [0.05, 0.1) is 17.7 Å². The lowest BCUT2D eigenvalue weighted by atomic mass is 10.1. The first-order valence-corrected chi connectivity index (χ1v) is 10.6. The lowest BCUT2D eigenvalue weighted by Gasteiger charge is -2.19. The summed E-state index contributed by atoms with van der Waals surface area (Å²) in [6.45, 7) is 0.177. The Morgan fingerprint density at radius 3 is 2.48 bits per heavy atom. The van der Waals surface area contributed by atoms with Crippen LogP contribution in [0, 0.1) is 5.82 Å². The standard InChI is InChI=1S/C23H17BrFN3O3/c24-17-7-3-1-5-15(17)22-27-26-21(31-22)13-28(14-9-10-14)23(29)20-12-11-19(30-20)16-6-2-4-8-18(16)25/h1-8,11-12,14H,9-10,13H2. The van der Waals surface area contributed by atoms with Crippen molar-refractivity contribution in [1.82, 2.24) is 15.1 Å². The summed E-state index contributed by atoms with van der Waals surface area (Å²) < 4.78 is 26.4. The van der Waals surface area contributed by atoms with Gasteiger partial charge in [-0.3, -0.25) is 4.79 Å². The van der Waals surface area contributed by atoms with E-state index < -0.39 is 5.82 Å². The summed E-state index contributed by atoms with van der Waals surface area (Å²) >= 11 is 3.48. The lowest BCUT2D eigenvalue weighted by molar-refractivity contribution is 0.0683. The highest BCUT2D eigenvalue weighted by Crippen LogP contribution is 2.32. The summed E-state index contributed by atoms with van der Waals surface area (Å²) in [6.07, 6.45) is 1.80. The molecule has 0 saturated heterocycles. The van der Waals surface area contributed by atoms with Crippen molar-refractivity contribution >= 4 is 21.8 Å². The fourth-order valence-corrected chi connectivity index (χ4v) is 3.81. The molecule has 0 radical (unpaired) electrons. The number of furan rings is 1. The molecular formula is C23H17BrFN3O3. The molecule has 0 aliphatic heterocycles. The van der Waals surface area contributed by atoms with Gasteiger partial charge in [-0.15, -0.1) is 10.2 Å². The van der Waals surface area contributed by atoms with Crippen LogP contribution in [-0.4, -0.2) is 27.0 Å². The van der Waals surface area contributed by atoms with Gasteiger partial charge in [-0.2, -0.15) is 0 Å². The van der Waals surface area contributed by atoms with Gasteiger partial charge in [0.15, 0.2) is 5.76 Å². The maximum atomic E-state index is 14.1. The first-order chi connectivity index (χ1) is 15.1. The van der Waals surface area contributed by atoms with Crippen LogP contribution in [0.4, 0.5) is 4.39 Å². The van der Waals surface area contributed by atoms with E-state index in [1.54, 1.807) is 35.2 Å². The number of rotatable bonds is 6. The Morgan fingerprint density at radius 2 is 1.74 bits per heavy atom. The van der Waals surface area contributed by atoms with Crippen molar-refractivity contribution in [2.45, 2.75) is 25.4 Å². The van der Waals surface area contributed by atoms with E-state index in [4.69, 9.17) is 8.83 Å². The monoisotopic (exact) mass is 481 g/mol. The van der Waals surface area contributed by atoms with Crippen LogP contribution in [0.3, 0.4) is 0 Å². The smallest absolute Gasteiger partial charge is 0.290 e. The average molecular weight is 482 g/mol. The van der Waals surface area contributed by atoms with Crippen LogP contribution in [0.1, 0.15) is 29.3 Å². The second-order valence-electron chi connectivity index (χ2n) is 7.29. The Labute approximate surface area is 185 Å². The first-order valence-electron chi connectivity index (χ1n) is 9.83. The third-order valence-corrected chi connectivity index (χ3v) is 5.77. The Kier molecular flexibility index (Phi) is 5.15. The highest BCUT2D eigenvalue weighted by atomic mass is 79.9. The third-order valence-electron chi connectivity index (χ3n) is 5.08. The maximum absolute atomic E-state index is 14.1. The normalized spacial score (nSPS) is 13.4. The number of halogens is 2. The zero-order valence-corrected chi connectivity index (χ0v) is 17.9. The van der Waals surface area contributed by atoms with E-state index in [0.29, 0.717) is 23.1 Å². The maximum Gasteiger partial charge on any atom is 0.290 e. The fourth-order valence-electron chi connectivity index (χ4n) is 3.36. The van der Waals surface area contributed by atoms with Gasteiger partial charge in [0, 0.05) is 10.5 Å². The molecule has 1 amide bonds. The topological polar surface area (TPSA) is 72.4 Å². The zero-order chi connectivity index (χ0) is 21.4. The molecule has 4 aromatic rings. The van der Waals surface area contributed by atoms with E-state index in [2.05, 4.69) is 26.1 Å². The predicted octanol–water partition coefficient (Wildman–Crippen LogP) is 5.70. The molecule has 31 heavy (non-hydrogen) atoms. The van der Waals surface area contributed by atoms with Gasteiger partial charge in [-0.1, -0.05) is 24.3 Å². The molecule has 1 saturated carbocycles.